The summed E-state index contributed by atoms with van der Waals surface area (Å²) in [7, 11) is 1.74. The Kier molecular flexibility index (Phi) is 4.78. The van der Waals surface area contributed by atoms with Crippen LogP contribution >= 0.6 is 12.2 Å². The van der Waals surface area contributed by atoms with Crippen molar-refractivity contribution in [1.29, 1.82) is 0 Å². The molecule has 82 valence electrons. The summed E-state index contributed by atoms with van der Waals surface area (Å²) in [5.74, 6) is 0.401. The largest absolute Gasteiger partial charge is 0.393 e. The van der Waals surface area contributed by atoms with Gasteiger partial charge in [0, 0.05) is 25.6 Å². The summed E-state index contributed by atoms with van der Waals surface area (Å²) in [6.45, 7) is 5.11. The van der Waals surface area contributed by atoms with Crippen LogP contribution in [0.4, 0.5) is 0 Å². The summed E-state index contributed by atoms with van der Waals surface area (Å²) >= 11 is 5.04. The highest BCUT2D eigenvalue weighted by Gasteiger charge is 2.24. The Labute approximate surface area is 91.6 Å². The van der Waals surface area contributed by atoms with Crippen LogP contribution in [0.5, 0.6) is 0 Å². The van der Waals surface area contributed by atoms with Crippen molar-refractivity contribution in [2.45, 2.75) is 25.8 Å². The van der Waals surface area contributed by atoms with Gasteiger partial charge in [-0.05, 0) is 26.3 Å². The first-order chi connectivity index (χ1) is 6.65. The zero-order chi connectivity index (χ0) is 10.6. The summed E-state index contributed by atoms with van der Waals surface area (Å²) in [4.78, 5) is 3.08. The van der Waals surface area contributed by atoms with Crippen LogP contribution in [0.2, 0.25) is 0 Å². The Balaban J connectivity index is 2.43. The molecule has 2 atom stereocenters. The number of hydrogen-bond acceptors (Lipinski definition) is 3. The Morgan fingerprint density at radius 2 is 2.43 bits per heavy atom. The average Bonchev–Trinajstić information content (AvgIpc) is 2.18. The summed E-state index contributed by atoms with van der Waals surface area (Å²) in [5.41, 5.74) is 5.68. The number of nitrogens with two attached hydrogens (primary N) is 1. The van der Waals surface area contributed by atoms with Crippen molar-refractivity contribution in [1.82, 2.24) is 4.90 Å². The quantitative estimate of drug-likeness (QED) is 0.712. The first-order valence-electron chi connectivity index (χ1n) is 5.17. The van der Waals surface area contributed by atoms with Crippen molar-refractivity contribution >= 4 is 17.2 Å². The van der Waals surface area contributed by atoms with E-state index < -0.39 is 0 Å². The minimum atomic E-state index is 0.401. The van der Waals surface area contributed by atoms with Gasteiger partial charge in [0.25, 0.3) is 0 Å². The van der Waals surface area contributed by atoms with Gasteiger partial charge in [-0.3, -0.25) is 4.90 Å². The van der Waals surface area contributed by atoms with Gasteiger partial charge in [-0.1, -0.05) is 12.2 Å². The molecule has 1 rings (SSSR count). The summed E-state index contributed by atoms with van der Waals surface area (Å²) < 4.78 is 5.15. The zero-order valence-corrected chi connectivity index (χ0v) is 9.85. The maximum Gasteiger partial charge on any atom is 0.0771 e. The lowest BCUT2D eigenvalue weighted by Crippen LogP contribution is -2.46. The number of hydrogen-bond donors (Lipinski definition) is 1. The second kappa shape index (κ2) is 5.63. The van der Waals surface area contributed by atoms with E-state index in [4.69, 9.17) is 22.7 Å². The average molecular weight is 216 g/mol. The lowest BCUT2D eigenvalue weighted by molar-refractivity contribution is 0.0786. The first-order valence-corrected chi connectivity index (χ1v) is 5.58. The molecule has 4 heteroatoms. The Morgan fingerprint density at radius 1 is 1.71 bits per heavy atom. The van der Waals surface area contributed by atoms with Crippen LogP contribution in [0.3, 0.4) is 0 Å². The zero-order valence-electron chi connectivity index (χ0n) is 9.03. The normalized spacial score (nSPS) is 26.0. The Morgan fingerprint density at radius 3 is 3.00 bits per heavy atom. The Bertz CT molecular complexity index is 199. The second-order valence-electron chi connectivity index (χ2n) is 4.04. The van der Waals surface area contributed by atoms with Gasteiger partial charge in [-0.15, -0.1) is 0 Å². The number of thiocarbonyl (C=S) groups is 1. The van der Waals surface area contributed by atoms with Gasteiger partial charge in [-0.2, -0.15) is 0 Å². The van der Waals surface area contributed by atoms with E-state index in [2.05, 4.69) is 11.8 Å². The summed E-state index contributed by atoms with van der Waals surface area (Å²) in [5, 5.41) is 0. The highest BCUT2D eigenvalue weighted by Crippen LogP contribution is 2.18. The third-order valence-electron chi connectivity index (χ3n) is 2.89. The molecule has 0 amide bonds. The van der Waals surface area contributed by atoms with Crippen LogP contribution in [0.15, 0.2) is 0 Å². The molecular weight excluding hydrogens is 196 g/mol. The van der Waals surface area contributed by atoms with Gasteiger partial charge in [0.1, 0.15) is 0 Å². The summed E-state index contributed by atoms with van der Waals surface area (Å²) in [6.07, 6.45) is 2.33. The van der Waals surface area contributed by atoms with E-state index in [9.17, 15) is 0 Å². The van der Waals surface area contributed by atoms with E-state index in [1.54, 1.807) is 7.11 Å². The monoisotopic (exact) mass is 216 g/mol. The lowest BCUT2D eigenvalue weighted by atomic mass is 9.97. The van der Waals surface area contributed by atoms with Gasteiger partial charge < -0.3 is 10.5 Å². The number of piperidine rings is 1. The van der Waals surface area contributed by atoms with Gasteiger partial charge >= 0.3 is 0 Å². The molecule has 1 saturated heterocycles. The molecule has 0 bridgehead atoms. The van der Waals surface area contributed by atoms with E-state index in [1.807, 2.05) is 0 Å². The van der Waals surface area contributed by atoms with Gasteiger partial charge in [0.15, 0.2) is 0 Å². The van der Waals surface area contributed by atoms with Gasteiger partial charge in [0.2, 0.25) is 0 Å². The van der Waals surface area contributed by atoms with Gasteiger partial charge in [0.05, 0.1) is 11.6 Å². The van der Waals surface area contributed by atoms with Crippen molar-refractivity contribution in [2.24, 2.45) is 11.7 Å². The predicted octanol–water partition coefficient (Wildman–Crippen LogP) is 1.02. The number of methoxy groups -OCH3 is 1. The molecule has 2 unspecified atom stereocenters. The fraction of sp³-hybridized carbons (Fsp3) is 0.900. The van der Waals surface area contributed by atoms with E-state index in [0.29, 0.717) is 16.9 Å². The number of nitrogens with zero attached hydrogens (tertiary/aromatic N) is 1. The molecule has 1 fully saturated rings. The van der Waals surface area contributed by atoms with E-state index in [0.717, 1.165) is 26.1 Å². The minimum Gasteiger partial charge on any atom is -0.393 e. The smallest absolute Gasteiger partial charge is 0.0771 e. The highest BCUT2D eigenvalue weighted by molar-refractivity contribution is 7.80. The molecule has 1 heterocycles. The molecule has 0 aromatic heterocycles. The van der Waals surface area contributed by atoms with Crippen LogP contribution in [0.1, 0.15) is 19.8 Å². The molecule has 1 aliphatic rings. The van der Waals surface area contributed by atoms with Crippen molar-refractivity contribution in [3.05, 3.63) is 0 Å². The van der Waals surface area contributed by atoms with Crippen molar-refractivity contribution in [2.75, 3.05) is 26.8 Å². The molecular formula is C10H20N2OS. The fourth-order valence-electron chi connectivity index (χ4n) is 1.99. The first kappa shape index (κ1) is 11.9. The van der Waals surface area contributed by atoms with Crippen LogP contribution in [-0.4, -0.2) is 42.7 Å². The maximum absolute atomic E-state index is 5.68. The molecule has 1 aliphatic heterocycles. The maximum atomic E-state index is 5.68. The molecule has 0 saturated carbocycles. The van der Waals surface area contributed by atoms with E-state index >= 15 is 0 Å². The van der Waals surface area contributed by atoms with Crippen molar-refractivity contribution in [3.63, 3.8) is 0 Å². The second-order valence-corrected chi connectivity index (χ2v) is 4.51. The minimum absolute atomic E-state index is 0.401. The predicted molar refractivity (Wildman–Crippen MR) is 62.4 cm³/mol. The molecule has 0 aromatic rings. The standard InChI is InChI=1S/C10H20N2OS/c1-8(7-13-2)12-5-3-4-9(6-12)10(11)14/h8-9H,3-7H2,1-2H3,(H2,11,14). The topological polar surface area (TPSA) is 38.5 Å². The number of likely N-dealkylation sites (tertiary alicyclic amines) is 1. The van der Waals surface area contributed by atoms with Crippen LogP contribution < -0.4 is 5.73 Å². The highest BCUT2D eigenvalue weighted by atomic mass is 32.1. The molecule has 0 aromatic carbocycles. The number of ether oxygens (including phenoxy) is 1. The molecule has 0 aliphatic carbocycles. The number of rotatable bonds is 4. The summed E-state index contributed by atoms with van der Waals surface area (Å²) in [6, 6.07) is 0.470. The van der Waals surface area contributed by atoms with Crippen LogP contribution in [0.25, 0.3) is 0 Å². The SMILES string of the molecule is COCC(C)N1CCCC(C(N)=S)C1. The molecule has 3 nitrogen and oxygen atoms in total. The van der Waals surface area contributed by atoms with Crippen LogP contribution in [0, 0.1) is 5.92 Å². The van der Waals surface area contributed by atoms with Gasteiger partial charge in [-0.25, -0.2) is 0 Å². The van der Waals surface area contributed by atoms with Crippen LogP contribution in [-0.2, 0) is 4.74 Å². The van der Waals surface area contributed by atoms with E-state index in [-0.39, 0.29) is 0 Å². The molecule has 0 radical (unpaired) electrons. The third-order valence-corrected chi connectivity index (χ3v) is 3.22. The molecule has 2 N–H and O–H groups in total. The molecule has 0 spiro atoms. The van der Waals surface area contributed by atoms with Crippen molar-refractivity contribution < 1.29 is 4.74 Å². The third kappa shape index (κ3) is 3.19. The van der Waals surface area contributed by atoms with E-state index in [1.165, 1.54) is 6.42 Å². The lowest BCUT2D eigenvalue weighted by Gasteiger charge is -2.36. The Hall–Kier alpha value is -0.190. The molecule has 14 heavy (non-hydrogen) atoms. The van der Waals surface area contributed by atoms with Crippen molar-refractivity contribution in [3.8, 4) is 0 Å². The fourth-order valence-corrected chi connectivity index (χ4v) is 2.18.